The van der Waals surface area contributed by atoms with Gasteiger partial charge in [0.05, 0.1) is 5.92 Å². The van der Waals surface area contributed by atoms with Crippen LogP contribution in [0.3, 0.4) is 0 Å². The molecule has 2 N–H and O–H groups in total. The van der Waals surface area contributed by atoms with Gasteiger partial charge < -0.3 is 10.6 Å². The largest absolute Gasteiger partial charge is 0.352 e. The van der Waals surface area contributed by atoms with Crippen LogP contribution < -0.4 is 10.6 Å². The number of amides is 1. The number of rotatable bonds is 3. The van der Waals surface area contributed by atoms with Crippen molar-refractivity contribution >= 4 is 5.91 Å². The van der Waals surface area contributed by atoms with E-state index in [2.05, 4.69) is 41.0 Å². The molecule has 0 spiro atoms. The molecule has 3 heteroatoms. The Labute approximate surface area is 121 Å². The van der Waals surface area contributed by atoms with Gasteiger partial charge in [0.1, 0.15) is 0 Å². The SMILES string of the molecule is O=C(NC1CCCC1c1ccccc1)C1CCCNC1. The van der Waals surface area contributed by atoms with E-state index in [1.807, 2.05) is 0 Å². The van der Waals surface area contributed by atoms with Crippen molar-refractivity contribution in [2.24, 2.45) is 5.92 Å². The molecule has 20 heavy (non-hydrogen) atoms. The van der Waals surface area contributed by atoms with Crippen LogP contribution in [0.1, 0.15) is 43.6 Å². The van der Waals surface area contributed by atoms with Gasteiger partial charge in [0.2, 0.25) is 5.91 Å². The van der Waals surface area contributed by atoms with Gasteiger partial charge in [-0.3, -0.25) is 4.79 Å². The molecule has 1 aromatic carbocycles. The highest BCUT2D eigenvalue weighted by Crippen LogP contribution is 2.34. The molecule has 1 aliphatic carbocycles. The Morgan fingerprint density at radius 1 is 1.10 bits per heavy atom. The van der Waals surface area contributed by atoms with E-state index in [1.165, 1.54) is 18.4 Å². The molecule has 3 atom stereocenters. The van der Waals surface area contributed by atoms with E-state index >= 15 is 0 Å². The van der Waals surface area contributed by atoms with Gasteiger partial charge in [-0.15, -0.1) is 0 Å². The van der Waals surface area contributed by atoms with E-state index < -0.39 is 0 Å². The molecule has 3 unspecified atom stereocenters. The van der Waals surface area contributed by atoms with Crippen LogP contribution in [-0.2, 0) is 4.79 Å². The number of hydrogen-bond acceptors (Lipinski definition) is 2. The highest BCUT2D eigenvalue weighted by molar-refractivity contribution is 5.79. The van der Waals surface area contributed by atoms with E-state index in [9.17, 15) is 4.79 Å². The van der Waals surface area contributed by atoms with Gasteiger partial charge in [-0.25, -0.2) is 0 Å². The molecule has 2 aliphatic rings. The topological polar surface area (TPSA) is 41.1 Å². The summed E-state index contributed by atoms with van der Waals surface area (Å²) in [5.41, 5.74) is 1.37. The Morgan fingerprint density at radius 2 is 1.95 bits per heavy atom. The quantitative estimate of drug-likeness (QED) is 0.887. The minimum Gasteiger partial charge on any atom is -0.352 e. The smallest absolute Gasteiger partial charge is 0.224 e. The Bertz CT molecular complexity index is 440. The average molecular weight is 272 g/mol. The van der Waals surface area contributed by atoms with Crippen molar-refractivity contribution in [2.75, 3.05) is 13.1 Å². The summed E-state index contributed by atoms with van der Waals surface area (Å²) in [5.74, 6) is 0.919. The van der Waals surface area contributed by atoms with Crippen LogP contribution in [0.4, 0.5) is 0 Å². The number of hydrogen-bond donors (Lipinski definition) is 2. The lowest BCUT2D eigenvalue weighted by Crippen LogP contribution is -2.45. The Balaban J connectivity index is 1.62. The van der Waals surface area contributed by atoms with Crippen molar-refractivity contribution in [3.63, 3.8) is 0 Å². The Morgan fingerprint density at radius 3 is 2.70 bits per heavy atom. The fourth-order valence-electron chi connectivity index (χ4n) is 3.61. The highest BCUT2D eigenvalue weighted by atomic mass is 16.2. The summed E-state index contributed by atoms with van der Waals surface area (Å²) in [6.07, 6.45) is 5.67. The summed E-state index contributed by atoms with van der Waals surface area (Å²) in [5, 5.41) is 6.64. The van der Waals surface area contributed by atoms with E-state index in [0.29, 0.717) is 12.0 Å². The third-order valence-electron chi connectivity index (χ3n) is 4.74. The van der Waals surface area contributed by atoms with Gasteiger partial charge in [0, 0.05) is 18.5 Å². The summed E-state index contributed by atoms with van der Waals surface area (Å²) >= 11 is 0. The van der Waals surface area contributed by atoms with Gasteiger partial charge in [0.25, 0.3) is 0 Å². The number of piperidine rings is 1. The van der Waals surface area contributed by atoms with Crippen molar-refractivity contribution in [3.05, 3.63) is 35.9 Å². The molecule has 1 aliphatic heterocycles. The van der Waals surface area contributed by atoms with Crippen molar-refractivity contribution in [1.29, 1.82) is 0 Å². The molecule has 1 aromatic rings. The van der Waals surface area contributed by atoms with Crippen LogP contribution >= 0.6 is 0 Å². The lowest BCUT2D eigenvalue weighted by atomic mass is 9.92. The standard InChI is InChI=1S/C17H24N2O/c20-17(14-8-5-11-18-12-14)19-16-10-4-9-15(16)13-6-2-1-3-7-13/h1-3,6-7,14-16,18H,4-5,8-12H2,(H,19,20). The van der Waals surface area contributed by atoms with E-state index in [1.54, 1.807) is 0 Å². The first-order chi connectivity index (χ1) is 9.84. The van der Waals surface area contributed by atoms with Gasteiger partial charge in [-0.05, 0) is 37.8 Å². The molecular formula is C17H24N2O. The fraction of sp³-hybridized carbons (Fsp3) is 0.588. The molecule has 1 saturated carbocycles. The molecule has 108 valence electrons. The molecular weight excluding hydrogens is 248 g/mol. The zero-order chi connectivity index (χ0) is 13.8. The minimum atomic E-state index is 0.167. The highest BCUT2D eigenvalue weighted by Gasteiger charge is 2.31. The first-order valence-electron chi connectivity index (χ1n) is 7.90. The molecule has 0 radical (unpaired) electrons. The normalized spacial score (nSPS) is 30.1. The molecule has 2 fully saturated rings. The number of benzene rings is 1. The van der Waals surface area contributed by atoms with Crippen LogP contribution in [0.5, 0.6) is 0 Å². The van der Waals surface area contributed by atoms with Crippen LogP contribution in [-0.4, -0.2) is 25.0 Å². The van der Waals surface area contributed by atoms with Crippen molar-refractivity contribution in [3.8, 4) is 0 Å². The molecule has 0 bridgehead atoms. The molecule has 3 nitrogen and oxygen atoms in total. The first-order valence-corrected chi connectivity index (χ1v) is 7.90. The van der Waals surface area contributed by atoms with Crippen LogP contribution in [0.2, 0.25) is 0 Å². The molecule has 3 rings (SSSR count). The fourth-order valence-corrected chi connectivity index (χ4v) is 3.61. The molecule has 1 saturated heterocycles. The number of carbonyl (C=O) groups excluding carboxylic acids is 1. The predicted molar refractivity (Wildman–Crippen MR) is 80.6 cm³/mol. The van der Waals surface area contributed by atoms with Gasteiger partial charge >= 0.3 is 0 Å². The van der Waals surface area contributed by atoms with Crippen LogP contribution in [0.25, 0.3) is 0 Å². The lowest BCUT2D eigenvalue weighted by molar-refractivity contribution is -0.126. The van der Waals surface area contributed by atoms with Crippen LogP contribution in [0, 0.1) is 5.92 Å². The summed E-state index contributed by atoms with van der Waals surface area (Å²) in [4.78, 5) is 12.4. The summed E-state index contributed by atoms with van der Waals surface area (Å²) in [6, 6.07) is 11.0. The third kappa shape index (κ3) is 3.04. The maximum absolute atomic E-state index is 12.4. The predicted octanol–water partition coefficient (Wildman–Crippen LogP) is 2.44. The van der Waals surface area contributed by atoms with Crippen molar-refractivity contribution in [1.82, 2.24) is 10.6 Å². The zero-order valence-electron chi connectivity index (χ0n) is 12.0. The number of nitrogens with one attached hydrogen (secondary N) is 2. The number of carbonyl (C=O) groups is 1. The van der Waals surface area contributed by atoms with E-state index in [4.69, 9.17) is 0 Å². The molecule has 1 heterocycles. The zero-order valence-corrected chi connectivity index (χ0v) is 12.0. The third-order valence-corrected chi connectivity index (χ3v) is 4.74. The molecule has 0 aromatic heterocycles. The second kappa shape index (κ2) is 6.40. The van der Waals surface area contributed by atoms with Gasteiger partial charge in [-0.2, -0.15) is 0 Å². The Kier molecular flexibility index (Phi) is 4.36. The van der Waals surface area contributed by atoms with Crippen molar-refractivity contribution < 1.29 is 4.79 Å². The maximum Gasteiger partial charge on any atom is 0.224 e. The van der Waals surface area contributed by atoms with Crippen LogP contribution in [0.15, 0.2) is 30.3 Å². The summed E-state index contributed by atoms with van der Waals surface area (Å²) in [6.45, 7) is 1.90. The second-order valence-electron chi connectivity index (χ2n) is 6.11. The molecule has 1 amide bonds. The van der Waals surface area contributed by atoms with Gasteiger partial charge in [0.15, 0.2) is 0 Å². The maximum atomic E-state index is 12.4. The second-order valence-corrected chi connectivity index (χ2v) is 6.11. The Hall–Kier alpha value is -1.35. The average Bonchev–Trinajstić information content (AvgIpc) is 2.97. The van der Waals surface area contributed by atoms with E-state index in [-0.39, 0.29) is 11.8 Å². The van der Waals surface area contributed by atoms with Gasteiger partial charge in [-0.1, -0.05) is 36.8 Å². The minimum absolute atomic E-state index is 0.167. The van der Waals surface area contributed by atoms with Crippen molar-refractivity contribution in [2.45, 2.75) is 44.1 Å². The first kappa shape index (κ1) is 13.6. The summed E-state index contributed by atoms with van der Waals surface area (Å²) < 4.78 is 0. The van der Waals surface area contributed by atoms with E-state index in [0.717, 1.165) is 32.4 Å². The lowest BCUT2D eigenvalue weighted by Gasteiger charge is -2.26. The summed E-state index contributed by atoms with van der Waals surface area (Å²) in [7, 11) is 0. The monoisotopic (exact) mass is 272 g/mol.